The molecule has 0 aromatic carbocycles. The summed E-state index contributed by atoms with van der Waals surface area (Å²) in [5.74, 6) is 0. The lowest BCUT2D eigenvalue weighted by Crippen LogP contribution is -2.24. The third-order valence-electron chi connectivity index (χ3n) is 3.26. The number of hydrogen-bond donors (Lipinski definition) is 1. The van der Waals surface area contributed by atoms with E-state index in [0.29, 0.717) is 0 Å². The molecule has 0 saturated carbocycles. The van der Waals surface area contributed by atoms with Crippen LogP contribution in [0, 0.1) is 0 Å². The Balaban J connectivity index is 2.16. The first-order valence-electron chi connectivity index (χ1n) is 7.20. The van der Waals surface area contributed by atoms with Crippen LogP contribution in [0.2, 0.25) is 0 Å². The normalized spacial score (nSPS) is 13.4. The molecule has 5 heteroatoms. The van der Waals surface area contributed by atoms with Gasteiger partial charge in [0, 0.05) is 27.9 Å². The first-order chi connectivity index (χ1) is 9.90. The van der Waals surface area contributed by atoms with Crippen LogP contribution in [0.15, 0.2) is 28.2 Å². The van der Waals surface area contributed by atoms with Gasteiger partial charge < -0.3 is 5.32 Å². The number of pyridine rings is 1. The zero-order valence-electron chi connectivity index (χ0n) is 13.0. The van der Waals surface area contributed by atoms with Crippen molar-refractivity contribution in [3.63, 3.8) is 0 Å². The van der Waals surface area contributed by atoms with E-state index in [4.69, 9.17) is 4.98 Å². The average Bonchev–Trinajstić information content (AvgIpc) is 2.88. The van der Waals surface area contributed by atoms with E-state index >= 15 is 0 Å². The van der Waals surface area contributed by atoms with Crippen molar-refractivity contribution in [2.45, 2.75) is 45.6 Å². The average molecular weight is 368 g/mol. The Labute approximate surface area is 139 Å². The van der Waals surface area contributed by atoms with E-state index in [-0.39, 0.29) is 11.5 Å². The molecule has 0 aliphatic rings. The Morgan fingerprint density at radius 1 is 1.33 bits per heavy atom. The van der Waals surface area contributed by atoms with E-state index in [0.717, 1.165) is 28.1 Å². The Hall–Kier alpha value is -0.780. The summed E-state index contributed by atoms with van der Waals surface area (Å²) in [5.41, 5.74) is 2.34. The molecular formula is C16H22BrN3S. The standard InChI is InChI=1S/C16H22BrN3S/c1-5-18-13(12-7-6-11(17)9-19-12)8-15-20-14(10-21-15)16(2,3)4/h6-7,9-10,13,18H,5,8H2,1-4H3. The second-order valence-electron chi connectivity index (χ2n) is 6.09. The minimum Gasteiger partial charge on any atom is -0.309 e. The molecule has 2 heterocycles. The SMILES string of the molecule is CCNC(Cc1nc(C(C)(C)C)cs1)c1ccc(Br)cn1. The van der Waals surface area contributed by atoms with Gasteiger partial charge >= 0.3 is 0 Å². The van der Waals surface area contributed by atoms with Crippen molar-refractivity contribution >= 4 is 27.3 Å². The third kappa shape index (κ3) is 4.59. The van der Waals surface area contributed by atoms with Crippen LogP contribution < -0.4 is 5.32 Å². The molecule has 0 spiro atoms. The van der Waals surface area contributed by atoms with E-state index in [1.807, 2.05) is 12.3 Å². The van der Waals surface area contributed by atoms with E-state index in [2.05, 4.69) is 65.4 Å². The number of aromatic nitrogens is 2. The molecule has 1 N–H and O–H groups in total. The van der Waals surface area contributed by atoms with Gasteiger partial charge in [0.1, 0.15) is 0 Å². The molecule has 0 fully saturated rings. The van der Waals surface area contributed by atoms with Gasteiger partial charge in [-0.3, -0.25) is 4.98 Å². The van der Waals surface area contributed by atoms with Crippen LogP contribution in [-0.2, 0) is 11.8 Å². The molecule has 1 unspecified atom stereocenters. The van der Waals surface area contributed by atoms with E-state index in [1.54, 1.807) is 11.3 Å². The Morgan fingerprint density at radius 3 is 2.62 bits per heavy atom. The molecule has 0 bridgehead atoms. The summed E-state index contributed by atoms with van der Waals surface area (Å²) in [6, 6.07) is 4.31. The molecule has 2 rings (SSSR count). The Kier molecular flexibility index (Phi) is 5.52. The minimum atomic E-state index is 0.109. The van der Waals surface area contributed by atoms with E-state index < -0.39 is 0 Å². The maximum Gasteiger partial charge on any atom is 0.0948 e. The molecule has 0 saturated heterocycles. The van der Waals surface area contributed by atoms with Gasteiger partial charge in [-0.1, -0.05) is 27.7 Å². The molecule has 114 valence electrons. The van der Waals surface area contributed by atoms with Gasteiger partial charge in [-0.25, -0.2) is 4.98 Å². The maximum absolute atomic E-state index is 4.79. The summed E-state index contributed by atoms with van der Waals surface area (Å²) in [7, 11) is 0. The zero-order valence-corrected chi connectivity index (χ0v) is 15.4. The maximum atomic E-state index is 4.79. The fourth-order valence-corrected chi connectivity index (χ4v) is 3.35. The molecule has 21 heavy (non-hydrogen) atoms. The number of likely N-dealkylation sites (N-methyl/N-ethyl adjacent to an activating group) is 1. The zero-order chi connectivity index (χ0) is 15.5. The lowest BCUT2D eigenvalue weighted by molar-refractivity contribution is 0.529. The minimum absolute atomic E-state index is 0.109. The fraction of sp³-hybridized carbons (Fsp3) is 0.500. The number of thiazole rings is 1. The number of nitrogens with zero attached hydrogens (tertiary/aromatic N) is 2. The van der Waals surface area contributed by atoms with Crippen LogP contribution in [0.4, 0.5) is 0 Å². The van der Waals surface area contributed by atoms with Crippen LogP contribution in [0.1, 0.15) is 50.1 Å². The van der Waals surface area contributed by atoms with Gasteiger partial charge in [0.25, 0.3) is 0 Å². The van der Waals surface area contributed by atoms with Gasteiger partial charge in [0.15, 0.2) is 0 Å². The number of nitrogens with one attached hydrogen (secondary N) is 1. The van der Waals surface area contributed by atoms with Crippen LogP contribution >= 0.6 is 27.3 Å². The van der Waals surface area contributed by atoms with Crippen LogP contribution in [0.25, 0.3) is 0 Å². The van der Waals surface area contributed by atoms with Crippen molar-refractivity contribution in [1.29, 1.82) is 0 Å². The van der Waals surface area contributed by atoms with Gasteiger partial charge in [-0.2, -0.15) is 0 Å². The van der Waals surface area contributed by atoms with Gasteiger partial charge in [0.2, 0.25) is 0 Å². The molecule has 1 atom stereocenters. The van der Waals surface area contributed by atoms with Crippen LogP contribution in [0.3, 0.4) is 0 Å². The first kappa shape index (κ1) is 16.6. The van der Waals surface area contributed by atoms with Crippen LogP contribution in [0.5, 0.6) is 0 Å². The quantitative estimate of drug-likeness (QED) is 0.845. The predicted octanol–water partition coefficient (Wildman–Crippen LogP) is 4.49. The smallest absolute Gasteiger partial charge is 0.0948 e. The summed E-state index contributed by atoms with van der Waals surface area (Å²) in [6.07, 6.45) is 2.73. The molecule has 0 amide bonds. The Bertz CT molecular complexity index is 572. The summed E-state index contributed by atoms with van der Waals surface area (Å²) in [4.78, 5) is 9.30. The van der Waals surface area contributed by atoms with Crippen molar-refractivity contribution in [2.75, 3.05) is 6.54 Å². The highest BCUT2D eigenvalue weighted by molar-refractivity contribution is 9.10. The summed E-state index contributed by atoms with van der Waals surface area (Å²) in [5, 5.41) is 6.84. The van der Waals surface area contributed by atoms with Crippen molar-refractivity contribution in [2.24, 2.45) is 0 Å². The number of hydrogen-bond acceptors (Lipinski definition) is 4. The molecule has 0 aliphatic heterocycles. The second-order valence-corrected chi connectivity index (χ2v) is 7.95. The number of halogens is 1. The molecule has 0 aliphatic carbocycles. The van der Waals surface area contributed by atoms with Crippen molar-refractivity contribution in [3.05, 3.63) is 44.6 Å². The van der Waals surface area contributed by atoms with Crippen LogP contribution in [-0.4, -0.2) is 16.5 Å². The van der Waals surface area contributed by atoms with E-state index in [1.165, 1.54) is 5.69 Å². The highest BCUT2D eigenvalue weighted by atomic mass is 79.9. The molecule has 2 aromatic rings. The first-order valence-corrected chi connectivity index (χ1v) is 8.87. The largest absolute Gasteiger partial charge is 0.309 e. The highest BCUT2D eigenvalue weighted by Crippen LogP contribution is 2.26. The lowest BCUT2D eigenvalue weighted by atomic mass is 9.93. The second kappa shape index (κ2) is 6.99. The summed E-state index contributed by atoms with van der Waals surface area (Å²) < 4.78 is 1.01. The molecular weight excluding hydrogens is 346 g/mol. The van der Waals surface area contributed by atoms with Gasteiger partial charge in [0.05, 0.1) is 22.4 Å². The third-order valence-corrected chi connectivity index (χ3v) is 4.60. The summed E-state index contributed by atoms with van der Waals surface area (Å²) in [6.45, 7) is 9.63. The number of rotatable bonds is 5. The van der Waals surface area contributed by atoms with Crippen molar-refractivity contribution in [3.8, 4) is 0 Å². The molecule has 0 radical (unpaired) electrons. The predicted molar refractivity (Wildman–Crippen MR) is 92.9 cm³/mol. The summed E-state index contributed by atoms with van der Waals surface area (Å²) >= 11 is 5.17. The molecule has 2 aromatic heterocycles. The molecule has 3 nitrogen and oxygen atoms in total. The highest BCUT2D eigenvalue weighted by Gasteiger charge is 2.20. The lowest BCUT2D eigenvalue weighted by Gasteiger charge is -2.17. The van der Waals surface area contributed by atoms with Gasteiger partial charge in [-0.05, 0) is 34.6 Å². The fourth-order valence-electron chi connectivity index (χ4n) is 2.04. The van der Waals surface area contributed by atoms with E-state index in [9.17, 15) is 0 Å². The Morgan fingerprint density at radius 2 is 2.10 bits per heavy atom. The van der Waals surface area contributed by atoms with Crippen molar-refractivity contribution < 1.29 is 0 Å². The monoisotopic (exact) mass is 367 g/mol. The van der Waals surface area contributed by atoms with Gasteiger partial charge in [-0.15, -0.1) is 11.3 Å². The van der Waals surface area contributed by atoms with Crippen molar-refractivity contribution in [1.82, 2.24) is 15.3 Å². The topological polar surface area (TPSA) is 37.8 Å².